The number of aromatic nitrogens is 2. The summed E-state index contributed by atoms with van der Waals surface area (Å²) in [5, 5.41) is 3.54. The molecule has 0 bridgehead atoms. The molecular weight excluding hydrogens is 346 g/mol. The summed E-state index contributed by atoms with van der Waals surface area (Å²) in [6, 6.07) is -0.667. The number of unbranched alkanes of at least 4 members (excludes halogenated alkanes) is 1. The minimum Gasteiger partial charge on any atom is -0.467 e. The van der Waals surface area contributed by atoms with E-state index in [0.717, 1.165) is 23.8 Å². The lowest BCUT2D eigenvalue weighted by Gasteiger charge is -2.16. The van der Waals surface area contributed by atoms with Gasteiger partial charge in [0.1, 0.15) is 6.04 Å². The summed E-state index contributed by atoms with van der Waals surface area (Å²) in [6.45, 7) is 0. The van der Waals surface area contributed by atoms with Crippen molar-refractivity contribution in [3.05, 3.63) is 18.2 Å². The fourth-order valence-electron chi connectivity index (χ4n) is 2.61. The number of hydrogen-bond acceptors (Lipinski definition) is 6. The maximum Gasteiger partial charge on any atom is 0.328 e. The van der Waals surface area contributed by atoms with Gasteiger partial charge in [-0.3, -0.25) is 4.79 Å². The van der Waals surface area contributed by atoms with Crippen LogP contribution in [0.2, 0.25) is 0 Å². The molecule has 24 heavy (non-hydrogen) atoms. The Morgan fingerprint density at radius 1 is 1.50 bits per heavy atom. The van der Waals surface area contributed by atoms with E-state index >= 15 is 0 Å². The van der Waals surface area contributed by atoms with Crippen LogP contribution in [0.5, 0.6) is 0 Å². The highest BCUT2D eigenvalue weighted by Crippen LogP contribution is 2.39. The number of amides is 1. The van der Waals surface area contributed by atoms with Crippen LogP contribution in [0.25, 0.3) is 0 Å². The molecule has 2 atom stereocenters. The molecule has 0 aromatic carbocycles. The van der Waals surface area contributed by atoms with Gasteiger partial charge in [0.25, 0.3) is 0 Å². The van der Waals surface area contributed by atoms with Gasteiger partial charge in [-0.1, -0.05) is 28.0 Å². The van der Waals surface area contributed by atoms with Crippen LogP contribution in [-0.2, 0) is 27.8 Å². The van der Waals surface area contributed by atoms with Crippen molar-refractivity contribution in [2.45, 2.75) is 49.8 Å². The fraction of sp³-hybridized carbons (Fsp3) is 0.688. The number of aryl methyl sites for hydroxylation is 1. The number of hydrogen-bond donors (Lipinski definition) is 1. The lowest BCUT2D eigenvalue weighted by atomic mass is 10.1. The van der Waals surface area contributed by atoms with Gasteiger partial charge in [0.05, 0.1) is 13.4 Å². The van der Waals surface area contributed by atoms with Crippen LogP contribution in [0, 0.1) is 0 Å². The summed E-state index contributed by atoms with van der Waals surface area (Å²) in [4.78, 5) is 28.1. The molecule has 1 aromatic heterocycles. The third-order valence-electron chi connectivity index (χ3n) is 4.06. The molecule has 1 N–H and O–H groups in total. The third kappa shape index (κ3) is 6.05. The van der Waals surface area contributed by atoms with E-state index in [9.17, 15) is 9.59 Å². The number of nitrogens with zero attached hydrogens (tertiary/aromatic N) is 2. The van der Waals surface area contributed by atoms with Crippen molar-refractivity contribution in [3.8, 4) is 0 Å². The Balaban J connectivity index is 1.74. The Hall–Kier alpha value is -1.15. The number of esters is 1. The van der Waals surface area contributed by atoms with Gasteiger partial charge in [-0.05, 0) is 19.3 Å². The number of ether oxygens (including phenoxy) is 1. The zero-order chi connectivity index (χ0) is 17.4. The summed E-state index contributed by atoms with van der Waals surface area (Å²) < 4.78 is 6.64. The monoisotopic (exact) mass is 371 g/mol. The molecule has 134 valence electrons. The smallest absolute Gasteiger partial charge is 0.328 e. The van der Waals surface area contributed by atoms with E-state index in [1.54, 1.807) is 12.5 Å². The molecule has 1 aliphatic heterocycles. The van der Waals surface area contributed by atoms with Gasteiger partial charge in [-0.25, -0.2) is 9.78 Å². The average molecular weight is 372 g/mol. The molecule has 0 radical (unpaired) electrons. The van der Waals surface area contributed by atoms with Crippen molar-refractivity contribution in [2.24, 2.45) is 7.05 Å². The number of carbonyl (C=O) groups excluding carboxylic acids is 2. The predicted octanol–water partition coefficient (Wildman–Crippen LogP) is 2.33. The van der Waals surface area contributed by atoms with Crippen molar-refractivity contribution >= 4 is 33.5 Å². The maximum absolute atomic E-state index is 12.1. The molecule has 1 aromatic rings. The molecule has 6 nitrogen and oxygen atoms in total. The van der Waals surface area contributed by atoms with E-state index in [1.165, 1.54) is 25.7 Å². The van der Waals surface area contributed by atoms with Gasteiger partial charge in [0.2, 0.25) is 5.91 Å². The Morgan fingerprint density at radius 3 is 2.96 bits per heavy atom. The molecule has 2 unspecified atom stereocenters. The molecule has 1 saturated heterocycles. The molecule has 8 heteroatoms. The Kier molecular flexibility index (Phi) is 7.98. The second-order valence-corrected chi connectivity index (χ2v) is 8.71. The van der Waals surface area contributed by atoms with Crippen molar-refractivity contribution in [2.75, 3.05) is 12.9 Å². The summed E-state index contributed by atoms with van der Waals surface area (Å²) in [5.74, 6) is 0.718. The number of imidazole rings is 1. The summed E-state index contributed by atoms with van der Waals surface area (Å²) in [5.41, 5.74) is 0.876. The highest BCUT2D eigenvalue weighted by molar-refractivity contribution is 8.77. The minimum absolute atomic E-state index is 0.0963. The Morgan fingerprint density at radius 2 is 2.33 bits per heavy atom. The molecule has 0 aliphatic carbocycles. The SMILES string of the molecule is COC(=O)C(Cc1cncn1C)NC(=O)CCCCC1CCSS1. The third-order valence-corrected chi connectivity index (χ3v) is 7.06. The van der Waals surface area contributed by atoms with Crippen LogP contribution < -0.4 is 5.32 Å². The van der Waals surface area contributed by atoms with Crippen molar-refractivity contribution in [1.82, 2.24) is 14.9 Å². The first-order chi connectivity index (χ1) is 11.6. The van der Waals surface area contributed by atoms with Gasteiger partial charge in [0.15, 0.2) is 0 Å². The lowest BCUT2D eigenvalue weighted by molar-refractivity contribution is -0.145. The van der Waals surface area contributed by atoms with Crippen LogP contribution in [0.3, 0.4) is 0 Å². The van der Waals surface area contributed by atoms with Crippen LogP contribution in [-0.4, -0.2) is 45.6 Å². The first-order valence-electron chi connectivity index (χ1n) is 8.20. The standard InChI is InChI=1S/C16H25N3O3S2/c1-19-11-17-10-12(19)9-14(16(21)22-2)18-15(20)6-4-3-5-13-7-8-23-24-13/h10-11,13-14H,3-9H2,1-2H3,(H,18,20). The number of nitrogens with one attached hydrogen (secondary N) is 1. The van der Waals surface area contributed by atoms with Gasteiger partial charge >= 0.3 is 5.97 Å². The van der Waals surface area contributed by atoms with Gasteiger partial charge in [-0.15, -0.1) is 0 Å². The Bertz CT molecular complexity index is 544. The van der Waals surface area contributed by atoms with Crippen molar-refractivity contribution in [3.63, 3.8) is 0 Å². The molecule has 1 aliphatic rings. The largest absolute Gasteiger partial charge is 0.467 e. The van der Waals surface area contributed by atoms with E-state index in [1.807, 2.05) is 33.2 Å². The molecule has 2 heterocycles. The van der Waals surface area contributed by atoms with Crippen LogP contribution in [0.1, 0.15) is 37.8 Å². The lowest BCUT2D eigenvalue weighted by Crippen LogP contribution is -2.43. The second-order valence-electron chi connectivity index (χ2n) is 5.92. The van der Waals surface area contributed by atoms with Crippen LogP contribution >= 0.6 is 21.6 Å². The number of carbonyl (C=O) groups is 2. The Labute approximate surface area is 150 Å². The minimum atomic E-state index is -0.667. The summed E-state index contributed by atoms with van der Waals surface area (Å²) >= 11 is 0. The van der Waals surface area contributed by atoms with Crippen LogP contribution in [0.15, 0.2) is 12.5 Å². The molecule has 2 rings (SSSR count). The zero-order valence-corrected chi connectivity index (χ0v) is 15.8. The van der Waals surface area contributed by atoms with Crippen molar-refractivity contribution in [1.29, 1.82) is 0 Å². The molecule has 1 amide bonds. The number of rotatable bonds is 9. The zero-order valence-electron chi connectivity index (χ0n) is 14.2. The first-order valence-corrected chi connectivity index (χ1v) is 10.6. The molecule has 0 spiro atoms. The highest BCUT2D eigenvalue weighted by Gasteiger charge is 2.23. The van der Waals surface area contributed by atoms with Gasteiger partial charge < -0.3 is 14.6 Å². The quantitative estimate of drug-likeness (QED) is 0.408. The summed E-state index contributed by atoms with van der Waals surface area (Å²) in [6.07, 6.45) is 8.54. The van der Waals surface area contributed by atoms with Crippen molar-refractivity contribution < 1.29 is 14.3 Å². The average Bonchev–Trinajstić information content (AvgIpc) is 3.22. The maximum atomic E-state index is 12.1. The second kappa shape index (κ2) is 9.98. The van der Waals surface area contributed by atoms with E-state index in [2.05, 4.69) is 10.3 Å². The predicted molar refractivity (Wildman–Crippen MR) is 97.8 cm³/mol. The van der Waals surface area contributed by atoms with Gasteiger partial charge in [-0.2, -0.15) is 0 Å². The number of methoxy groups -OCH3 is 1. The molecular formula is C16H25N3O3S2. The topological polar surface area (TPSA) is 73.2 Å². The first kappa shape index (κ1) is 19.2. The van der Waals surface area contributed by atoms with E-state index in [0.29, 0.717) is 12.8 Å². The van der Waals surface area contributed by atoms with E-state index < -0.39 is 12.0 Å². The normalized spacial score (nSPS) is 18.3. The highest BCUT2D eigenvalue weighted by atomic mass is 33.1. The summed E-state index contributed by atoms with van der Waals surface area (Å²) in [7, 11) is 7.11. The fourth-order valence-corrected chi connectivity index (χ4v) is 5.64. The van der Waals surface area contributed by atoms with Gasteiger partial charge in [0, 0.05) is 42.8 Å². The van der Waals surface area contributed by atoms with Crippen LogP contribution in [0.4, 0.5) is 0 Å². The molecule has 1 fully saturated rings. The van der Waals surface area contributed by atoms with E-state index in [-0.39, 0.29) is 5.91 Å². The molecule has 0 saturated carbocycles. The van der Waals surface area contributed by atoms with E-state index in [4.69, 9.17) is 4.74 Å².